The molecule has 10 aromatic rings. The van der Waals surface area contributed by atoms with E-state index in [-0.39, 0.29) is 0 Å². The van der Waals surface area contributed by atoms with Gasteiger partial charge in [0.1, 0.15) is 0 Å². The molecule has 0 unspecified atom stereocenters. The molecule has 0 bridgehead atoms. The fraction of sp³-hybridized carbons (Fsp3) is 0.0526. The van der Waals surface area contributed by atoms with Gasteiger partial charge in [-0.1, -0.05) is 144 Å². The Morgan fingerprint density at radius 1 is 0.283 bits per heavy atom. The normalized spacial score (nSPS) is 11.2. The van der Waals surface area contributed by atoms with E-state index in [0.717, 1.165) is 50.9 Å². The molecule has 0 saturated carbocycles. The zero-order valence-electron chi connectivity index (χ0n) is 34.1. The summed E-state index contributed by atoms with van der Waals surface area (Å²) in [4.78, 5) is 4.76. The topological polar surface area (TPSA) is 11.4 Å². The molecule has 3 heteroatoms. The van der Waals surface area contributed by atoms with E-state index in [1.54, 1.807) is 0 Å². The number of fused-ring (bicyclic) bond motifs is 3. The van der Waals surface area contributed by atoms with Crippen molar-refractivity contribution < 1.29 is 0 Å². The molecule has 0 spiro atoms. The fourth-order valence-corrected chi connectivity index (χ4v) is 8.43. The van der Waals surface area contributed by atoms with E-state index in [9.17, 15) is 0 Å². The van der Waals surface area contributed by atoms with Gasteiger partial charge in [0, 0.05) is 50.6 Å². The summed E-state index contributed by atoms with van der Waals surface area (Å²) in [6, 6.07) is 79.6. The largest absolute Gasteiger partial charge is 0.310 e. The van der Waals surface area contributed by atoms with Crippen molar-refractivity contribution in [3.05, 3.63) is 235 Å². The molecule has 0 aliphatic heterocycles. The molecular formula is C57H45N3. The molecule has 288 valence electrons. The maximum Gasteiger partial charge on any atom is 0.0547 e. The first-order chi connectivity index (χ1) is 29.5. The molecule has 0 aliphatic rings. The molecule has 10 rings (SSSR count). The molecule has 1 heterocycles. The maximum atomic E-state index is 2.42. The van der Waals surface area contributed by atoms with Gasteiger partial charge in [-0.05, 0) is 134 Å². The predicted molar refractivity (Wildman–Crippen MR) is 255 cm³/mol. The number of aryl methyl sites for hydroxylation is 3. The molecule has 0 saturated heterocycles. The highest BCUT2D eigenvalue weighted by atomic mass is 15.2. The zero-order chi connectivity index (χ0) is 40.6. The van der Waals surface area contributed by atoms with Crippen LogP contribution in [0.15, 0.2) is 218 Å². The summed E-state index contributed by atoms with van der Waals surface area (Å²) < 4.78 is 2.42. The summed E-state index contributed by atoms with van der Waals surface area (Å²) >= 11 is 0. The Hall–Kier alpha value is -7.62. The van der Waals surface area contributed by atoms with E-state index >= 15 is 0 Å². The Balaban J connectivity index is 1.21. The lowest BCUT2D eigenvalue weighted by molar-refractivity contribution is 1.18. The van der Waals surface area contributed by atoms with Crippen LogP contribution in [0.3, 0.4) is 0 Å². The molecule has 0 amide bonds. The van der Waals surface area contributed by atoms with Crippen LogP contribution in [0.2, 0.25) is 0 Å². The first kappa shape index (κ1) is 36.7. The van der Waals surface area contributed by atoms with Gasteiger partial charge in [-0.25, -0.2) is 0 Å². The van der Waals surface area contributed by atoms with Gasteiger partial charge in [-0.2, -0.15) is 0 Å². The Labute approximate surface area is 352 Å². The number of hydrogen-bond donors (Lipinski definition) is 0. The van der Waals surface area contributed by atoms with E-state index in [1.807, 2.05) is 0 Å². The van der Waals surface area contributed by atoms with Gasteiger partial charge in [0.05, 0.1) is 11.0 Å². The third-order valence-corrected chi connectivity index (χ3v) is 11.5. The van der Waals surface area contributed by atoms with Crippen molar-refractivity contribution in [1.82, 2.24) is 4.57 Å². The van der Waals surface area contributed by atoms with Crippen LogP contribution in [0.4, 0.5) is 34.1 Å². The van der Waals surface area contributed by atoms with Crippen LogP contribution in [0, 0.1) is 20.8 Å². The van der Waals surface area contributed by atoms with Crippen molar-refractivity contribution in [3.8, 4) is 27.9 Å². The van der Waals surface area contributed by atoms with Crippen molar-refractivity contribution in [2.45, 2.75) is 20.8 Å². The third-order valence-electron chi connectivity index (χ3n) is 11.5. The van der Waals surface area contributed by atoms with E-state index in [4.69, 9.17) is 0 Å². The number of aromatic nitrogens is 1. The number of nitrogens with zero attached hydrogens (tertiary/aromatic N) is 3. The first-order valence-corrected chi connectivity index (χ1v) is 20.7. The summed E-state index contributed by atoms with van der Waals surface area (Å²) in [6.07, 6.45) is 0. The van der Waals surface area contributed by atoms with Crippen molar-refractivity contribution >= 4 is 55.9 Å². The van der Waals surface area contributed by atoms with Gasteiger partial charge in [0.2, 0.25) is 0 Å². The molecule has 0 aliphatic carbocycles. The number of anilines is 6. The molecule has 1 aromatic heterocycles. The van der Waals surface area contributed by atoms with E-state index in [1.165, 1.54) is 49.6 Å². The Kier molecular flexibility index (Phi) is 9.55. The summed E-state index contributed by atoms with van der Waals surface area (Å²) in [5, 5.41) is 2.46. The lowest BCUT2D eigenvalue weighted by atomic mass is 10.00. The molecule has 3 nitrogen and oxygen atoms in total. The van der Waals surface area contributed by atoms with Gasteiger partial charge in [-0.3, -0.25) is 0 Å². The van der Waals surface area contributed by atoms with Crippen LogP contribution < -0.4 is 9.80 Å². The van der Waals surface area contributed by atoms with Crippen molar-refractivity contribution in [3.63, 3.8) is 0 Å². The number of benzene rings is 9. The predicted octanol–water partition coefficient (Wildman–Crippen LogP) is 16.0. The average Bonchev–Trinajstić information content (AvgIpc) is 3.63. The third kappa shape index (κ3) is 7.01. The van der Waals surface area contributed by atoms with E-state index in [2.05, 4.69) is 254 Å². The monoisotopic (exact) mass is 771 g/mol. The van der Waals surface area contributed by atoms with Gasteiger partial charge >= 0.3 is 0 Å². The number of hydrogen-bond acceptors (Lipinski definition) is 2. The second-order valence-corrected chi connectivity index (χ2v) is 15.7. The second kappa shape index (κ2) is 15.6. The standard InChI is InChI=1S/C57H45N3/c1-40-18-27-48(28-19-40)58(47-14-8-5-9-15-47)52-36-46(37-53(39-52)59(49-29-20-41(2)21-30-49)50-31-22-42(3)23-32-50)45-26-35-55-54-16-10-11-17-56(54)60(57(55)38-45)51-33-24-44(25-34-51)43-12-6-4-7-13-43/h4-39H,1-3H3. The lowest BCUT2D eigenvalue weighted by Gasteiger charge is -2.30. The Morgan fingerprint density at radius 2 is 0.717 bits per heavy atom. The highest BCUT2D eigenvalue weighted by molar-refractivity contribution is 6.10. The summed E-state index contributed by atoms with van der Waals surface area (Å²) in [5.74, 6) is 0. The van der Waals surface area contributed by atoms with Crippen LogP contribution in [0.5, 0.6) is 0 Å². The van der Waals surface area contributed by atoms with E-state index in [0.29, 0.717) is 0 Å². The molecular weight excluding hydrogens is 727 g/mol. The van der Waals surface area contributed by atoms with Crippen molar-refractivity contribution in [2.75, 3.05) is 9.80 Å². The quantitative estimate of drug-likeness (QED) is 0.145. The van der Waals surface area contributed by atoms with Crippen LogP contribution in [0.25, 0.3) is 49.7 Å². The lowest BCUT2D eigenvalue weighted by Crippen LogP contribution is -2.13. The highest BCUT2D eigenvalue weighted by Gasteiger charge is 2.21. The van der Waals surface area contributed by atoms with E-state index < -0.39 is 0 Å². The summed E-state index contributed by atoms with van der Waals surface area (Å²) in [7, 11) is 0. The van der Waals surface area contributed by atoms with Crippen LogP contribution in [-0.4, -0.2) is 4.57 Å². The number of para-hydroxylation sites is 2. The molecule has 9 aromatic carbocycles. The average molecular weight is 772 g/mol. The van der Waals surface area contributed by atoms with Crippen LogP contribution in [-0.2, 0) is 0 Å². The van der Waals surface area contributed by atoms with Gasteiger partial charge < -0.3 is 14.4 Å². The minimum atomic E-state index is 1.07. The molecule has 0 radical (unpaired) electrons. The smallest absolute Gasteiger partial charge is 0.0547 e. The van der Waals surface area contributed by atoms with Gasteiger partial charge in [0.25, 0.3) is 0 Å². The van der Waals surface area contributed by atoms with Crippen LogP contribution >= 0.6 is 0 Å². The summed E-state index contributed by atoms with van der Waals surface area (Å²) in [6.45, 7) is 6.43. The first-order valence-electron chi connectivity index (χ1n) is 20.7. The second-order valence-electron chi connectivity index (χ2n) is 15.7. The Morgan fingerprint density at radius 3 is 1.27 bits per heavy atom. The maximum absolute atomic E-state index is 2.42. The summed E-state index contributed by atoms with van der Waals surface area (Å²) in [5.41, 5.74) is 18.4. The minimum Gasteiger partial charge on any atom is -0.310 e. The SMILES string of the molecule is Cc1ccc(N(c2ccccc2)c2cc(-c3ccc4c5ccccc5n(-c5ccc(-c6ccccc6)cc5)c4c3)cc(N(c3ccc(C)cc3)c3ccc(C)cc3)c2)cc1. The van der Waals surface area contributed by atoms with Gasteiger partial charge in [0.15, 0.2) is 0 Å². The number of rotatable bonds is 9. The molecule has 60 heavy (non-hydrogen) atoms. The molecule has 0 fully saturated rings. The Bertz CT molecular complexity index is 3030. The molecule has 0 atom stereocenters. The molecule has 0 N–H and O–H groups in total. The van der Waals surface area contributed by atoms with Crippen LogP contribution in [0.1, 0.15) is 16.7 Å². The fourth-order valence-electron chi connectivity index (χ4n) is 8.43. The highest BCUT2D eigenvalue weighted by Crippen LogP contribution is 2.44. The van der Waals surface area contributed by atoms with Gasteiger partial charge in [-0.15, -0.1) is 0 Å². The van der Waals surface area contributed by atoms with Crippen molar-refractivity contribution in [2.24, 2.45) is 0 Å². The zero-order valence-corrected chi connectivity index (χ0v) is 34.1. The van der Waals surface area contributed by atoms with Crippen molar-refractivity contribution in [1.29, 1.82) is 0 Å². The minimum absolute atomic E-state index is 1.07.